The van der Waals surface area contributed by atoms with Crippen LogP contribution in [0.15, 0.2) is 144 Å². The minimum atomic E-state index is -0.237. The van der Waals surface area contributed by atoms with Crippen molar-refractivity contribution in [3.05, 3.63) is 206 Å². The number of aryl methyl sites for hydroxylation is 2. The van der Waals surface area contributed by atoms with E-state index in [4.69, 9.17) is 4.42 Å². The maximum atomic E-state index is 6.91. The summed E-state index contributed by atoms with van der Waals surface area (Å²) in [6.07, 6.45) is 2.34. The molecular formula is C70H69BN2O. The third kappa shape index (κ3) is 5.86. The number of nitrogens with zero attached hydrogens (tertiary/aromatic N) is 2. The molecule has 5 aliphatic rings. The maximum Gasteiger partial charge on any atom is 0.252 e. The Hall–Kier alpha value is -6.78. The van der Waals surface area contributed by atoms with E-state index in [9.17, 15) is 0 Å². The topological polar surface area (TPSA) is 19.6 Å². The number of fused-ring (bicyclic) bond motifs is 12. The molecule has 4 heteroatoms. The fraction of sp³-hybridized carbons (Fsp3) is 0.314. The summed E-state index contributed by atoms with van der Waals surface area (Å²) in [5.74, 6) is 0. The van der Waals surface area contributed by atoms with Gasteiger partial charge in [0.25, 0.3) is 6.71 Å². The number of para-hydroxylation sites is 1. The SMILES string of the molecule is Cc1cc2c3c(c1)N(c1cc4c(cc1C)C(C)(C)CCC4(C)C)c1cc4c(cc1B3c1cc3c(cc1N2c1ccc2c(c1)C(C)(C)c1ccccc1C2(C)C)C(C)(C)c1ccccc1C3(C)C)oc1ccccc14. The molecule has 0 N–H and O–H groups in total. The predicted octanol–water partition coefficient (Wildman–Crippen LogP) is 16.6. The lowest BCUT2D eigenvalue weighted by Crippen LogP contribution is -2.62. The highest BCUT2D eigenvalue weighted by atomic mass is 16.3. The van der Waals surface area contributed by atoms with E-state index in [0.717, 1.165) is 28.4 Å². The van der Waals surface area contributed by atoms with Gasteiger partial charge < -0.3 is 14.2 Å². The molecule has 0 spiro atoms. The van der Waals surface area contributed by atoms with Gasteiger partial charge in [-0.3, -0.25) is 0 Å². The highest BCUT2D eigenvalue weighted by Crippen LogP contribution is 2.56. The van der Waals surface area contributed by atoms with Crippen LogP contribution in [0, 0.1) is 13.8 Å². The lowest BCUT2D eigenvalue weighted by Gasteiger charge is -2.49. The molecule has 2 aliphatic heterocycles. The van der Waals surface area contributed by atoms with Crippen molar-refractivity contribution in [2.75, 3.05) is 9.80 Å². The van der Waals surface area contributed by atoms with Gasteiger partial charge in [-0.05, 0) is 175 Å². The molecule has 14 rings (SSSR count). The van der Waals surface area contributed by atoms with Crippen molar-refractivity contribution >= 4 is 79.2 Å². The molecule has 3 aliphatic carbocycles. The third-order valence-electron chi connectivity index (χ3n) is 19.8. The molecule has 74 heavy (non-hydrogen) atoms. The first-order valence-corrected chi connectivity index (χ1v) is 27.4. The first-order chi connectivity index (χ1) is 35.0. The minimum Gasteiger partial charge on any atom is -0.456 e. The van der Waals surface area contributed by atoms with Crippen molar-refractivity contribution in [2.45, 2.75) is 142 Å². The van der Waals surface area contributed by atoms with Crippen molar-refractivity contribution in [3.8, 4) is 0 Å². The summed E-state index contributed by atoms with van der Waals surface area (Å²) >= 11 is 0. The van der Waals surface area contributed by atoms with Crippen molar-refractivity contribution < 1.29 is 4.42 Å². The zero-order valence-corrected chi connectivity index (χ0v) is 46.1. The largest absolute Gasteiger partial charge is 0.456 e. The molecule has 1 aromatic heterocycles. The third-order valence-corrected chi connectivity index (χ3v) is 19.8. The van der Waals surface area contributed by atoms with Crippen molar-refractivity contribution in [1.82, 2.24) is 0 Å². The summed E-state index contributed by atoms with van der Waals surface area (Å²) in [5.41, 5.74) is 29.3. The molecule has 9 aromatic rings. The Bertz CT molecular complexity index is 3970. The first kappa shape index (κ1) is 45.8. The van der Waals surface area contributed by atoms with E-state index in [1.807, 2.05) is 0 Å². The molecule has 3 nitrogen and oxygen atoms in total. The fourth-order valence-electron chi connectivity index (χ4n) is 15.4. The molecule has 368 valence electrons. The van der Waals surface area contributed by atoms with Gasteiger partial charge in [0.15, 0.2) is 0 Å². The number of hydrogen-bond donors (Lipinski definition) is 0. The molecule has 3 heterocycles. The van der Waals surface area contributed by atoms with Crippen LogP contribution in [-0.2, 0) is 32.5 Å². The Labute approximate surface area is 439 Å². The zero-order valence-electron chi connectivity index (χ0n) is 46.1. The average Bonchev–Trinajstić information content (AvgIpc) is 3.73. The van der Waals surface area contributed by atoms with Gasteiger partial charge in [-0.15, -0.1) is 0 Å². The van der Waals surface area contributed by atoms with E-state index in [1.54, 1.807) is 0 Å². The van der Waals surface area contributed by atoms with Crippen LogP contribution in [0.25, 0.3) is 21.9 Å². The Morgan fingerprint density at radius 2 is 0.851 bits per heavy atom. The number of furan rings is 1. The summed E-state index contributed by atoms with van der Waals surface area (Å²) in [5, 5.41) is 2.31. The van der Waals surface area contributed by atoms with Crippen LogP contribution < -0.4 is 26.2 Å². The lowest BCUT2D eigenvalue weighted by molar-refractivity contribution is 0.332. The van der Waals surface area contributed by atoms with Gasteiger partial charge in [0.05, 0.1) is 0 Å². The standard InChI is InChI=1S/C70H69BN2O/c1-40-31-60-64-61(32-40)73(57-37-51-50(33-41(57)2)65(3,4)29-30-66(51,5)6)58-35-44-43-21-15-20-26-62(43)74-63(44)39-56(58)71(64)55-36-53-54(70(13,14)48-25-19-18-24-47(48)69(53,11)12)38-59(55)72(60)42-27-28-49-52(34-42)68(9,10)46-23-17-16-22-45(46)67(49,7)8/h15-28,31-39H,29-30H2,1-14H3. The minimum absolute atomic E-state index is 0.0362. The predicted molar refractivity (Wildman–Crippen MR) is 314 cm³/mol. The molecule has 0 saturated heterocycles. The van der Waals surface area contributed by atoms with E-state index >= 15 is 0 Å². The van der Waals surface area contributed by atoms with Crippen LogP contribution in [0.2, 0.25) is 0 Å². The van der Waals surface area contributed by atoms with Crippen LogP contribution >= 0.6 is 0 Å². The second-order valence-electron chi connectivity index (χ2n) is 26.6. The number of rotatable bonds is 2. The summed E-state index contributed by atoms with van der Waals surface area (Å²) in [6, 6.07) is 54.8. The van der Waals surface area contributed by atoms with E-state index in [0.29, 0.717) is 0 Å². The van der Waals surface area contributed by atoms with E-state index in [-0.39, 0.29) is 39.2 Å². The van der Waals surface area contributed by atoms with Crippen LogP contribution in [0.3, 0.4) is 0 Å². The molecule has 0 unspecified atom stereocenters. The Morgan fingerprint density at radius 1 is 0.378 bits per heavy atom. The van der Waals surface area contributed by atoms with E-state index in [2.05, 4.69) is 246 Å². The quantitative estimate of drug-likeness (QED) is 0.161. The molecule has 0 amide bonds. The molecule has 0 bridgehead atoms. The van der Waals surface area contributed by atoms with Crippen LogP contribution in [0.5, 0.6) is 0 Å². The monoisotopic (exact) mass is 965 g/mol. The molecule has 0 saturated carbocycles. The van der Waals surface area contributed by atoms with Gasteiger partial charge in [-0.2, -0.15) is 0 Å². The van der Waals surface area contributed by atoms with Crippen LogP contribution in [0.4, 0.5) is 34.1 Å². The summed E-state index contributed by atoms with van der Waals surface area (Å²) in [4.78, 5) is 5.35. The number of benzene rings is 8. The van der Waals surface area contributed by atoms with E-state index in [1.165, 1.54) is 124 Å². The van der Waals surface area contributed by atoms with E-state index < -0.39 is 0 Å². The Morgan fingerprint density at radius 3 is 1.47 bits per heavy atom. The van der Waals surface area contributed by atoms with Gasteiger partial charge in [-0.25, -0.2) is 0 Å². The number of hydrogen-bond acceptors (Lipinski definition) is 3. The first-order valence-electron chi connectivity index (χ1n) is 27.4. The van der Waals surface area contributed by atoms with Crippen LogP contribution in [-0.4, -0.2) is 6.71 Å². The van der Waals surface area contributed by atoms with Crippen LogP contribution in [0.1, 0.15) is 163 Å². The highest BCUT2D eigenvalue weighted by molar-refractivity contribution is 7.00. The second kappa shape index (κ2) is 14.5. The molecule has 0 fully saturated rings. The molecule has 0 radical (unpaired) electrons. The average molecular weight is 965 g/mol. The van der Waals surface area contributed by atoms with Gasteiger partial charge in [0.1, 0.15) is 11.2 Å². The van der Waals surface area contributed by atoms with Crippen molar-refractivity contribution in [3.63, 3.8) is 0 Å². The number of anilines is 6. The summed E-state index contributed by atoms with van der Waals surface area (Å²) in [6.45, 7) is 33.9. The van der Waals surface area contributed by atoms with Gasteiger partial charge in [0, 0.05) is 66.6 Å². The van der Waals surface area contributed by atoms with Gasteiger partial charge >= 0.3 is 0 Å². The Kier molecular flexibility index (Phi) is 9.00. The van der Waals surface area contributed by atoms with Gasteiger partial charge in [-0.1, -0.05) is 168 Å². The summed E-state index contributed by atoms with van der Waals surface area (Å²) in [7, 11) is 0. The molecular weight excluding hydrogens is 896 g/mol. The Balaban J connectivity index is 1.11. The zero-order chi connectivity index (χ0) is 51.6. The van der Waals surface area contributed by atoms with Crippen molar-refractivity contribution in [1.29, 1.82) is 0 Å². The van der Waals surface area contributed by atoms with Gasteiger partial charge in [0.2, 0.25) is 0 Å². The molecule has 8 aromatic carbocycles. The highest BCUT2D eigenvalue weighted by Gasteiger charge is 2.50. The second-order valence-corrected chi connectivity index (χ2v) is 26.6. The lowest BCUT2D eigenvalue weighted by atomic mass is 9.33. The fourth-order valence-corrected chi connectivity index (χ4v) is 15.4. The summed E-state index contributed by atoms with van der Waals surface area (Å²) < 4.78 is 6.91. The van der Waals surface area contributed by atoms with Crippen molar-refractivity contribution in [2.24, 2.45) is 0 Å². The molecule has 0 atom stereocenters. The smallest absolute Gasteiger partial charge is 0.252 e. The maximum absolute atomic E-state index is 6.91. The normalized spacial score (nSPS) is 19.1.